The number of carbonyl (C=O) groups excluding carboxylic acids is 1. The molecule has 1 aliphatic heterocycles. The van der Waals surface area contributed by atoms with Crippen molar-refractivity contribution in [3.8, 4) is 0 Å². The van der Waals surface area contributed by atoms with Crippen LogP contribution in [-0.2, 0) is 13.0 Å². The molecule has 3 aromatic rings. The second kappa shape index (κ2) is 8.05. The minimum absolute atomic E-state index is 0.0910. The number of carbonyl (C=O) groups is 1. The Labute approximate surface area is 163 Å². The van der Waals surface area contributed by atoms with Crippen LogP contribution in [0.5, 0.6) is 0 Å². The largest absolute Gasteiger partial charge is 0.348 e. The standard InChI is InChI=1S/C21H24N4OS/c1-16-12-19(20(26)13-17-8-4-2-5-9-17)25(23-16)14-18-15-27-21(22-18)24-10-6-3-7-11-24/h2,4-5,8-9,12,15H,3,6-7,10-11,13-14H2,1H3. The van der Waals surface area contributed by atoms with E-state index in [2.05, 4.69) is 15.4 Å². The molecule has 1 aromatic carbocycles. The van der Waals surface area contributed by atoms with Crippen LogP contribution in [-0.4, -0.2) is 33.6 Å². The molecule has 1 aliphatic rings. The molecule has 0 spiro atoms. The van der Waals surface area contributed by atoms with E-state index in [4.69, 9.17) is 4.98 Å². The van der Waals surface area contributed by atoms with Crippen LogP contribution in [0.15, 0.2) is 41.8 Å². The highest BCUT2D eigenvalue weighted by atomic mass is 32.1. The molecular formula is C21H24N4OS. The van der Waals surface area contributed by atoms with Gasteiger partial charge < -0.3 is 4.90 Å². The first-order valence-electron chi connectivity index (χ1n) is 9.50. The van der Waals surface area contributed by atoms with Crippen molar-refractivity contribution in [2.75, 3.05) is 18.0 Å². The third kappa shape index (κ3) is 4.27. The monoisotopic (exact) mass is 380 g/mol. The Morgan fingerprint density at radius 2 is 1.93 bits per heavy atom. The van der Waals surface area contributed by atoms with Crippen molar-refractivity contribution < 1.29 is 4.79 Å². The molecule has 0 saturated carbocycles. The van der Waals surface area contributed by atoms with Crippen molar-refractivity contribution in [2.24, 2.45) is 0 Å². The van der Waals surface area contributed by atoms with Gasteiger partial charge in [-0.3, -0.25) is 9.48 Å². The Balaban J connectivity index is 1.49. The van der Waals surface area contributed by atoms with Gasteiger partial charge in [0, 0.05) is 24.9 Å². The zero-order valence-corrected chi connectivity index (χ0v) is 16.4. The van der Waals surface area contributed by atoms with Gasteiger partial charge in [0.1, 0.15) is 5.69 Å². The molecule has 0 radical (unpaired) electrons. The number of ketones is 1. The third-order valence-corrected chi connectivity index (χ3v) is 5.82. The first-order chi connectivity index (χ1) is 13.2. The molecule has 1 saturated heterocycles. The van der Waals surface area contributed by atoms with Gasteiger partial charge in [-0.2, -0.15) is 5.10 Å². The van der Waals surface area contributed by atoms with E-state index < -0.39 is 0 Å². The highest BCUT2D eigenvalue weighted by molar-refractivity contribution is 7.13. The van der Waals surface area contributed by atoms with Crippen LogP contribution in [0, 0.1) is 6.92 Å². The van der Waals surface area contributed by atoms with Gasteiger partial charge in [-0.15, -0.1) is 11.3 Å². The molecule has 0 amide bonds. The van der Waals surface area contributed by atoms with Crippen molar-refractivity contribution >= 4 is 22.3 Å². The van der Waals surface area contributed by atoms with E-state index in [1.54, 1.807) is 16.0 Å². The average molecular weight is 381 g/mol. The molecule has 4 rings (SSSR count). The first kappa shape index (κ1) is 17.9. The van der Waals surface area contributed by atoms with Gasteiger partial charge in [0.05, 0.1) is 17.9 Å². The fraction of sp³-hybridized carbons (Fsp3) is 0.381. The summed E-state index contributed by atoms with van der Waals surface area (Å²) < 4.78 is 1.80. The van der Waals surface area contributed by atoms with E-state index in [9.17, 15) is 4.79 Å². The molecule has 6 heteroatoms. The zero-order chi connectivity index (χ0) is 18.6. The van der Waals surface area contributed by atoms with E-state index in [1.165, 1.54) is 19.3 Å². The van der Waals surface area contributed by atoms with Crippen molar-refractivity contribution in [2.45, 2.75) is 39.2 Å². The van der Waals surface area contributed by atoms with Gasteiger partial charge in [-0.05, 0) is 37.8 Å². The molecular weight excluding hydrogens is 356 g/mol. The number of thiazole rings is 1. The van der Waals surface area contributed by atoms with Crippen LogP contribution in [0.25, 0.3) is 0 Å². The van der Waals surface area contributed by atoms with Crippen LogP contribution >= 0.6 is 11.3 Å². The topological polar surface area (TPSA) is 51.0 Å². The molecule has 2 aromatic heterocycles. The Bertz CT molecular complexity index is 909. The van der Waals surface area contributed by atoms with Crippen molar-refractivity contribution in [3.63, 3.8) is 0 Å². The van der Waals surface area contributed by atoms with Crippen LogP contribution in [0.2, 0.25) is 0 Å². The lowest BCUT2D eigenvalue weighted by molar-refractivity contribution is 0.0983. The number of piperidine rings is 1. The van der Waals surface area contributed by atoms with Crippen molar-refractivity contribution in [1.82, 2.24) is 14.8 Å². The molecule has 5 nitrogen and oxygen atoms in total. The number of aromatic nitrogens is 3. The van der Waals surface area contributed by atoms with Crippen LogP contribution in [0.1, 0.15) is 46.7 Å². The molecule has 1 fully saturated rings. The predicted molar refractivity (Wildman–Crippen MR) is 109 cm³/mol. The number of hydrogen-bond acceptors (Lipinski definition) is 5. The fourth-order valence-electron chi connectivity index (χ4n) is 3.52. The lowest BCUT2D eigenvalue weighted by atomic mass is 10.1. The Morgan fingerprint density at radius 1 is 1.15 bits per heavy atom. The van der Waals surface area contributed by atoms with E-state index in [0.717, 1.165) is 35.2 Å². The zero-order valence-electron chi connectivity index (χ0n) is 15.6. The Hall–Kier alpha value is -2.47. The van der Waals surface area contributed by atoms with Gasteiger partial charge in [0.2, 0.25) is 0 Å². The van der Waals surface area contributed by atoms with E-state index in [-0.39, 0.29) is 5.78 Å². The maximum Gasteiger partial charge on any atom is 0.185 e. The summed E-state index contributed by atoms with van der Waals surface area (Å²) in [5.74, 6) is 0.0910. The van der Waals surface area contributed by atoms with E-state index >= 15 is 0 Å². The van der Waals surface area contributed by atoms with Crippen molar-refractivity contribution in [1.29, 1.82) is 0 Å². The van der Waals surface area contributed by atoms with E-state index in [1.807, 2.05) is 43.3 Å². The second-order valence-corrected chi connectivity index (χ2v) is 7.92. The highest BCUT2D eigenvalue weighted by Gasteiger charge is 2.18. The van der Waals surface area contributed by atoms with Gasteiger partial charge in [0.25, 0.3) is 0 Å². The maximum absolute atomic E-state index is 12.8. The normalized spacial score (nSPS) is 14.5. The van der Waals surface area contributed by atoms with Crippen LogP contribution in [0.4, 0.5) is 5.13 Å². The molecule has 0 unspecified atom stereocenters. The van der Waals surface area contributed by atoms with Gasteiger partial charge in [0.15, 0.2) is 10.9 Å². The lowest BCUT2D eigenvalue weighted by Crippen LogP contribution is -2.29. The number of aryl methyl sites for hydroxylation is 1. The Kier molecular flexibility index (Phi) is 5.34. The Morgan fingerprint density at radius 3 is 2.70 bits per heavy atom. The fourth-order valence-corrected chi connectivity index (χ4v) is 4.39. The molecule has 0 aliphatic carbocycles. The second-order valence-electron chi connectivity index (χ2n) is 7.08. The summed E-state index contributed by atoms with van der Waals surface area (Å²) in [4.78, 5) is 20.0. The molecule has 0 atom stereocenters. The number of rotatable bonds is 6. The average Bonchev–Trinajstić information content (AvgIpc) is 3.30. The summed E-state index contributed by atoms with van der Waals surface area (Å²) in [6.07, 6.45) is 4.19. The summed E-state index contributed by atoms with van der Waals surface area (Å²) in [6, 6.07) is 11.7. The van der Waals surface area contributed by atoms with Gasteiger partial charge in [-0.1, -0.05) is 30.3 Å². The lowest BCUT2D eigenvalue weighted by Gasteiger charge is -2.25. The summed E-state index contributed by atoms with van der Waals surface area (Å²) in [5.41, 5.74) is 3.51. The SMILES string of the molecule is Cc1cc(C(=O)Cc2ccccc2)n(Cc2csc(N3CCCCC3)n2)n1. The smallest absolute Gasteiger partial charge is 0.185 e. The summed E-state index contributed by atoms with van der Waals surface area (Å²) in [7, 11) is 0. The number of anilines is 1. The van der Waals surface area contributed by atoms with Gasteiger partial charge in [-0.25, -0.2) is 4.98 Å². The van der Waals surface area contributed by atoms with E-state index in [0.29, 0.717) is 18.7 Å². The quantitative estimate of drug-likeness (QED) is 0.604. The number of benzene rings is 1. The van der Waals surface area contributed by atoms with Crippen molar-refractivity contribution in [3.05, 3.63) is 64.4 Å². The number of Topliss-reactive ketones (excluding diaryl/α,β-unsaturated/α-hetero) is 1. The molecule has 27 heavy (non-hydrogen) atoms. The third-order valence-electron chi connectivity index (χ3n) is 4.87. The van der Waals surface area contributed by atoms with Gasteiger partial charge >= 0.3 is 0 Å². The summed E-state index contributed by atoms with van der Waals surface area (Å²) in [6.45, 7) is 4.65. The molecule has 3 heterocycles. The maximum atomic E-state index is 12.8. The molecule has 0 N–H and O–H groups in total. The summed E-state index contributed by atoms with van der Waals surface area (Å²) >= 11 is 1.69. The minimum atomic E-state index is 0.0910. The number of hydrogen-bond donors (Lipinski definition) is 0. The van der Waals surface area contributed by atoms with Crippen LogP contribution in [0.3, 0.4) is 0 Å². The highest BCUT2D eigenvalue weighted by Crippen LogP contribution is 2.24. The summed E-state index contributed by atoms with van der Waals surface area (Å²) in [5, 5.41) is 7.72. The number of nitrogens with zero attached hydrogens (tertiary/aromatic N) is 4. The minimum Gasteiger partial charge on any atom is -0.348 e. The predicted octanol–water partition coefficient (Wildman–Crippen LogP) is 4.11. The first-order valence-corrected chi connectivity index (χ1v) is 10.4. The van der Waals surface area contributed by atoms with Crippen LogP contribution < -0.4 is 4.90 Å². The molecule has 0 bridgehead atoms. The molecule has 140 valence electrons.